The second-order valence-corrected chi connectivity index (χ2v) is 8.02. The third-order valence-electron chi connectivity index (χ3n) is 5.44. The van der Waals surface area contributed by atoms with Crippen LogP contribution in [0.1, 0.15) is 55.2 Å². The maximum atomic E-state index is 13.6. The van der Waals surface area contributed by atoms with Crippen molar-refractivity contribution in [2.24, 2.45) is 0 Å². The van der Waals surface area contributed by atoms with Gasteiger partial charge >= 0.3 is 0 Å². The van der Waals surface area contributed by atoms with Crippen molar-refractivity contribution in [3.63, 3.8) is 0 Å². The number of nitrogens with zero attached hydrogens (tertiary/aromatic N) is 3. The van der Waals surface area contributed by atoms with Crippen molar-refractivity contribution in [2.45, 2.75) is 45.8 Å². The fourth-order valence-corrected chi connectivity index (χ4v) is 4.10. The number of hydrogen-bond acceptors (Lipinski definition) is 7. The Morgan fingerprint density at radius 2 is 2.12 bits per heavy atom. The van der Waals surface area contributed by atoms with Gasteiger partial charge in [0.1, 0.15) is 17.0 Å². The molecule has 0 radical (unpaired) electrons. The van der Waals surface area contributed by atoms with Crippen molar-refractivity contribution in [2.75, 3.05) is 19.0 Å². The molecule has 0 bridgehead atoms. The van der Waals surface area contributed by atoms with Gasteiger partial charge in [-0.05, 0) is 38.0 Å². The number of hydrogen-bond donors (Lipinski definition) is 3. The minimum absolute atomic E-state index is 0.0107. The molecule has 3 heterocycles. The van der Waals surface area contributed by atoms with Gasteiger partial charge in [0.2, 0.25) is 0 Å². The van der Waals surface area contributed by atoms with Crippen molar-refractivity contribution in [1.29, 1.82) is 5.41 Å². The standard InChI is InChI=1S/C21H22F2N6O2S.C2H6/c1-11(17-4-3-7-31-17)27-21(30)14-10-29(32-23)20-19(14)28-16(9-26-20)18(24)13-6-5-12(22)8-15(13)25-2;1-2/h5-6,8-11,17,24-25H,3-4,7H2,1-2H3,(H,27,30);1-2H3/t11-,17?;/m1./s1. The Morgan fingerprint density at radius 1 is 1.35 bits per heavy atom. The van der Waals surface area contributed by atoms with E-state index in [0.717, 1.165) is 16.8 Å². The van der Waals surface area contributed by atoms with Crippen LogP contribution in [0, 0.1) is 11.2 Å². The molecule has 2 aromatic heterocycles. The molecular weight excluding hydrogens is 462 g/mol. The van der Waals surface area contributed by atoms with Gasteiger partial charge < -0.3 is 15.4 Å². The Kier molecular flexibility index (Phi) is 8.56. The second kappa shape index (κ2) is 11.4. The average Bonchev–Trinajstić information content (AvgIpc) is 3.52. The van der Waals surface area contributed by atoms with Crippen molar-refractivity contribution >= 4 is 40.8 Å². The first-order valence-electron chi connectivity index (χ1n) is 11.1. The van der Waals surface area contributed by atoms with E-state index in [-0.39, 0.29) is 52.6 Å². The number of anilines is 1. The van der Waals surface area contributed by atoms with E-state index in [1.54, 1.807) is 7.05 Å². The number of ether oxygens (including phenoxy) is 1. The molecule has 8 nitrogen and oxygen atoms in total. The average molecular weight is 491 g/mol. The number of halogens is 2. The molecule has 1 aliphatic rings. The first kappa shape index (κ1) is 25.6. The highest BCUT2D eigenvalue weighted by atomic mass is 32.2. The number of carbonyl (C=O) groups is 1. The Bertz CT molecular complexity index is 1180. The van der Waals surface area contributed by atoms with Gasteiger partial charge in [-0.2, -0.15) is 0 Å². The fraction of sp³-hybridized carbons (Fsp3) is 0.391. The smallest absolute Gasteiger partial charge is 0.255 e. The van der Waals surface area contributed by atoms with Crippen LogP contribution >= 0.6 is 12.3 Å². The number of benzene rings is 1. The molecule has 0 spiro atoms. The summed E-state index contributed by atoms with van der Waals surface area (Å²) in [6, 6.07) is 3.76. The van der Waals surface area contributed by atoms with Crippen molar-refractivity contribution in [3.05, 3.63) is 53.2 Å². The van der Waals surface area contributed by atoms with Crippen LogP contribution in [-0.2, 0) is 4.74 Å². The van der Waals surface area contributed by atoms with Crippen LogP contribution in [0.4, 0.5) is 14.0 Å². The summed E-state index contributed by atoms with van der Waals surface area (Å²) in [6.07, 6.45) is 4.39. The van der Waals surface area contributed by atoms with Crippen LogP contribution in [-0.4, -0.2) is 51.4 Å². The number of rotatable bonds is 7. The van der Waals surface area contributed by atoms with Crippen molar-refractivity contribution < 1.29 is 17.8 Å². The highest BCUT2D eigenvalue weighted by Gasteiger charge is 2.26. The molecule has 4 rings (SSSR count). The SMILES string of the molecule is CC.CNc1cc(F)ccc1C(=N)c1cnc2c(n1)c(C(=O)N[C@H](C)C1CCCO1)cn2SF. The van der Waals surface area contributed by atoms with Gasteiger partial charge in [-0.3, -0.25) is 10.2 Å². The van der Waals surface area contributed by atoms with Crippen molar-refractivity contribution in [1.82, 2.24) is 19.3 Å². The maximum absolute atomic E-state index is 13.6. The summed E-state index contributed by atoms with van der Waals surface area (Å²) in [4.78, 5) is 21.6. The number of carbonyl (C=O) groups excluding carboxylic acids is 1. The van der Waals surface area contributed by atoms with E-state index in [4.69, 9.17) is 10.1 Å². The second-order valence-electron chi connectivity index (χ2n) is 7.49. The maximum Gasteiger partial charge on any atom is 0.255 e. The van der Waals surface area contributed by atoms with Gasteiger partial charge in [0.25, 0.3) is 5.91 Å². The van der Waals surface area contributed by atoms with Gasteiger partial charge in [0.05, 0.1) is 29.6 Å². The molecule has 1 aromatic carbocycles. The van der Waals surface area contributed by atoms with E-state index >= 15 is 0 Å². The monoisotopic (exact) mass is 490 g/mol. The zero-order valence-corrected chi connectivity index (χ0v) is 20.3. The zero-order chi connectivity index (χ0) is 24.8. The van der Waals surface area contributed by atoms with E-state index < -0.39 is 11.7 Å². The predicted molar refractivity (Wildman–Crippen MR) is 131 cm³/mol. The highest BCUT2D eigenvalue weighted by Crippen LogP contribution is 2.26. The number of amides is 1. The summed E-state index contributed by atoms with van der Waals surface area (Å²) in [5, 5.41) is 14.3. The van der Waals surface area contributed by atoms with Crippen molar-refractivity contribution in [3.8, 4) is 0 Å². The molecule has 3 aromatic rings. The Hall–Kier alpha value is -3.05. The Balaban J connectivity index is 0.00000158. The molecular formula is C23H28F2N6O2S. The molecule has 11 heteroatoms. The van der Waals surface area contributed by atoms with Crippen LogP contribution in [0.25, 0.3) is 11.2 Å². The third-order valence-corrected chi connectivity index (χ3v) is 5.87. The molecule has 3 N–H and O–H groups in total. The third kappa shape index (κ3) is 5.20. The Morgan fingerprint density at radius 3 is 2.76 bits per heavy atom. The normalized spacial score (nSPS) is 16.0. The first-order valence-corrected chi connectivity index (χ1v) is 11.8. The lowest BCUT2D eigenvalue weighted by Crippen LogP contribution is -2.40. The number of aromatic nitrogens is 3. The van der Waals surface area contributed by atoms with Gasteiger partial charge in [-0.25, -0.2) is 18.3 Å². The van der Waals surface area contributed by atoms with E-state index in [1.807, 2.05) is 20.8 Å². The molecule has 0 aliphatic carbocycles. The summed E-state index contributed by atoms with van der Waals surface area (Å²) < 4.78 is 33.8. The molecule has 1 saturated heterocycles. The van der Waals surface area contributed by atoms with Gasteiger partial charge in [-0.15, -0.1) is 3.89 Å². The fourth-order valence-electron chi connectivity index (χ4n) is 3.76. The summed E-state index contributed by atoms with van der Waals surface area (Å²) in [7, 11) is 1.62. The predicted octanol–water partition coefficient (Wildman–Crippen LogP) is 4.73. The van der Waals surface area contributed by atoms with E-state index in [9.17, 15) is 13.1 Å². The quantitative estimate of drug-likeness (QED) is 0.414. The lowest BCUT2D eigenvalue weighted by molar-refractivity contribution is 0.0713. The van der Waals surface area contributed by atoms with E-state index in [2.05, 4.69) is 20.6 Å². The van der Waals surface area contributed by atoms with E-state index in [1.165, 1.54) is 30.6 Å². The molecule has 1 amide bonds. The lowest BCUT2D eigenvalue weighted by atomic mass is 10.0. The van der Waals surface area contributed by atoms with Crippen LogP contribution in [0.3, 0.4) is 0 Å². The van der Waals surface area contributed by atoms with Crippen LogP contribution in [0.15, 0.2) is 30.6 Å². The summed E-state index contributed by atoms with van der Waals surface area (Å²) in [5.74, 6) is -0.870. The molecule has 1 fully saturated rings. The Labute approximate surface area is 201 Å². The summed E-state index contributed by atoms with van der Waals surface area (Å²) >= 11 is -0.0968. The topological polar surface area (TPSA) is 105 Å². The van der Waals surface area contributed by atoms with Gasteiger partial charge in [0, 0.05) is 31.1 Å². The van der Waals surface area contributed by atoms with Crippen LogP contribution < -0.4 is 10.6 Å². The van der Waals surface area contributed by atoms with Gasteiger partial charge in [0.15, 0.2) is 18.0 Å². The molecule has 1 unspecified atom stereocenters. The lowest BCUT2D eigenvalue weighted by Gasteiger charge is -2.19. The van der Waals surface area contributed by atoms with Crippen LogP contribution in [0.2, 0.25) is 0 Å². The molecule has 2 atom stereocenters. The zero-order valence-electron chi connectivity index (χ0n) is 19.5. The minimum Gasteiger partial charge on any atom is -0.387 e. The minimum atomic E-state index is -0.441. The van der Waals surface area contributed by atoms with Gasteiger partial charge in [-0.1, -0.05) is 13.8 Å². The summed E-state index contributed by atoms with van der Waals surface area (Å²) in [6.45, 7) is 6.52. The highest BCUT2D eigenvalue weighted by molar-refractivity contribution is 7.92. The molecule has 1 aliphatic heterocycles. The van der Waals surface area contributed by atoms with Crippen LogP contribution in [0.5, 0.6) is 0 Å². The number of nitrogens with one attached hydrogen (secondary N) is 3. The van der Waals surface area contributed by atoms with E-state index in [0.29, 0.717) is 17.9 Å². The molecule has 34 heavy (non-hydrogen) atoms. The molecule has 0 saturated carbocycles. The molecule has 182 valence electrons. The summed E-state index contributed by atoms with van der Waals surface area (Å²) in [5.41, 5.74) is 1.47. The largest absolute Gasteiger partial charge is 0.387 e. The number of fused-ring (bicyclic) bond motifs is 1. The first-order chi connectivity index (χ1) is 16.4.